The molecule has 102 valence electrons. The van der Waals surface area contributed by atoms with Gasteiger partial charge in [-0.25, -0.2) is 0 Å². The normalized spacial score (nSPS) is 24.2. The third-order valence-electron chi connectivity index (χ3n) is 3.44. The summed E-state index contributed by atoms with van der Waals surface area (Å²) in [7, 11) is 0. The number of rotatable bonds is 7. The Morgan fingerprint density at radius 1 is 1.41 bits per heavy atom. The first-order valence-electron chi connectivity index (χ1n) is 6.97. The van der Waals surface area contributed by atoms with Crippen LogP contribution in [0.25, 0.3) is 0 Å². The molecule has 1 aliphatic rings. The fourth-order valence-electron chi connectivity index (χ4n) is 2.38. The van der Waals surface area contributed by atoms with E-state index in [4.69, 9.17) is 10.6 Å². The van der Waals surface area contributed by atoms with Gasteiger partial charge in [-0.05, 0) is 31.7 Å². The molecule has 1 aliphatic heterocycles. The smallest absolute Gasteiger partial charge is 0.0868 e. The zero-order valence-electron chi connectivity index (χ0n) is 11.6. The van der Waals surface area contributed by atoms with Gasteiger partial charge in [-0.1, -0.05) is 20.8 Å². The number of hydrazine groups is 1. The lowest BCUT2D eigenvalue weighted by atomic mass is 9.99. The molecule has 3 N–H and O–H groups in total. The van der Waals surface area contributed by atoms with E-state index in [0.29, 0.717) is 0 Å². The van der Waals surface area contributed by atoms with Gasteiger partial charge in [-0.3, -0.25) is 16.2 Å². The lowest BCUT2D eigenvalue weighted by Crippen LogP contribution is -2.54. The van der Waals surface area contributed by atoms with E-state index in [0.717, 1.165) is 32.0 Å². The van der Waals surface area contributed by atoms with Gasteiger partial charge in [0.05, 0.1) is 12.7 Å². The van der Waals surface area contributed by atoms with E-state index in [1.165, 1.54) is 19.4 Å². The van der Waals surface area contributed by atoms with E-state index >= 15 is 0 Å². The third-order valence-corrected chi connectivity index (χ3v) is 3.44. The van der Waals surface area contributed by atoms with Crippen molar-refractivity contribution < 1.29 is 4.74 Å². The van der Waals surface area contributed by atoms with Crippen molar-refractivity contribution in [2.24, 2.45) is 11.8 Å². The zero-order chi connectivity index (χ0) is 12.7. The molecule has 0 aliphatic carbocycles. The first-order chi connectivity index (χ1) is 8.17. The molecule has 4 heteroatoms. The molecule has 1 saturated heterocycles. The minimum Gasteiger partial charge on any atom is -0.374 e. The summed E-state index contributed by atoms with van der Waals surface area (Å²) in [5.74, 6) is 6.38. The fourth-order valence-corrected chi connectivity index (χ4v) is 2.38. The standard InChI is InChI=1S/C13H29N3O/c1-4-7-16-8-9-17-13(10-16)12(15-14)6-5-11(2)3/h11-13,15H,4-10,14H2,1-3H3. The Balaban J connectivity index is 2.38. The summed E-state index contributed by atoms with van der Waals surface area (Å²) in [6.07, 6.45) is 3.75. The molecule has 0 radical (unpaired) electrons. The van der Waals surface area contributed by atoms with Crippen LogP contribution < -0.4 is 11.3 Å². The number of nitrogens with two attached hydrogens (primary N) is 1. The van der Waals surface area contributed by atoms with E-state index in [1.807, 2.05) is 0 Å². The summed E-state index contributed by atoms with van der Waals surface area (Å²) in [4.78, 5) is 2.48. The van der Waals surface area contributed by atoms with Crippen LogP contribution in [0.5, 0.6) is 0 Å². The second-order valence-electron chi connectivity index (χ2n) is 5.45. The van der Waals surface area contributed by atoms with Crippen molar-refractivity contribution in [2.45, 2.75) is 52.2 Å². The van der Waals surface area contributed by atoms with Crippen molar-refractivity contribution in [1.82, 2.24) is 10.3 Å². The Labute approximate surface area is 106 Å². The van der Waals surface area contributed by atoms with Crippen LogP contribution in [0, 0.1) is 5.92 Å². The Morgan fingerprint density at radius 3 is 2.76 bits per heavy atom. The maximum absolute atomic E-state index is 5.86. The van der Waals surface area contributed by atoms with E-state index in [-0.39, 0.29) is 12.1 Å². The molecule has 0 bridgehead atoms. The first kappa shape index (κ1) is 14.9. The Bertz CT molecular complexity index is 197. The van der Waals surface area contributed by atoms with Crippen LogP contribution in [0.3, 0.4) is 0 Å². The Morgan fingerprint density at radius 2 is 2.18 bits per heavy atom. The topological polar surface area (TPSA) is 50.5 Å². The zero-order valence-corrected chi connectivity index (χ0v) is 11.6. The van der Waals surface area contributed by atoms with Gasteiger partial charge in [0.25, 0.3) is 0 Å². The van der Waals surface area contributed by atoms with Gasteiger partial charge in [0.2, 0.25) is 0 Å². The van der Waals surface area contributed by atoms with Crippen molar-refractivity contribution in [3.63, 3.8) is 0 Å². The number of hydrogen-bond donors (Lipinski definition) is 2. The highest BCUT2D eigenvalue weighted by Gasteiger charge is 2.26. The Hall–Kier alpha value is -0.160. The largest absolute Gasteiger partial charge is 0.374 e. The summed E-state index contributed by atoms with van der Waals surface area (Å²) >= 11 is 0. The van der Waals surface area contributed by atoms with Crippen molar-refractivity contribution in [3.05, 3.63) is 0 Å². The van der Waals surface area contributed by atoms with Gasteiger partial charge >= 0.3 is 0 Å². The molecule has 1 rings (SSSR count). The van der Waals surface area contributed by atoms with Gasteiger partial charge in [0, 0.05) is 19.1 Å². The highest BCUT2D eigenvalue weighted by Crippen LogP contribution is 2.15. The van der Waals surface area contributed by atoms with Crippen LogP contribution in [0.4, 0.5) is 0 Å². The lowest BCUT2D eigenvalue weighted by molar-refractivity contribution is -0.0482. The van der Waals surface area contributed by atoms with Crippen molar-refractivity contribution in [1.29, 1.82) is 0 Å². The molecule has 0 spiro atoms. The summed E-state index contributed by atoms with van der Waals surface area (Å²) in [6.45, 7) is 10.8. The van der Waals surface area contributed by atoms with Crippen LogP contribution in [0.2, 0.25) is 0 Å². The molecule has 0 saturated carbocycles. The van der Waals surface area contributed by atoms with Crippen LogP contribution >= 0.6 is 0 Å². The van der Waals surface area contributed by atoms with Crippen LogP contribution in [0.1, 0.15) is 40.0 Å². The fraction of sp³-hybridized carbons (Fsp3) is 1.00. The molecule has 2 atom stereocenters. The van der Waals surface area contributed by atoms with Crippen LogP contribution in [0.15, 0.2) is 0 Å². The molecule has 2 unspecified atom stereocenters. The van der Waals surface area contributed by atoms with Crippen molar-refractivity contribution in [2.75, 3.05) is 26.2 Å². The lowest BCUT2D eigenvalue weighted by Gasteiger charge is -2.36. The second-order valence-corrected chi connectivity index (χ2v) is 5.45. The molecule has 17 heavy (non-hydrogen) atoms. The molecular weight excluding hydrogens is 214 g/mol. The number of nitrogens with zero attached hydrogens (tertiary/aromatic N) is 1. The Kier molecular flexibility index (Phi) is 7.04. The van der Waals surface area contributed by atoms with Crippen molar-refractivity contribution in [3.8, 4) is 0 Å². The second kappa shape index (κ2) is 8.03. The first-order valence-corrected chi connectivity index (χ1v) is 6.97. The number of morpholine rings is 1. The van der Waals surface area contributed by atoms with E-state index in [9.17, 15) is 0 Å². The summed E-state index contributed by atoms with van der Waals surface area (Å²) in [5.41, 5.74) is 2.94. The maximum Gasteiger partial charge on any atom is 0.0868 e. The quantitative estimate of drug-likeness (QED) is 0.524. The van der Waals surface area contributed by atoms with Crippen molar-refractivity contribution >= 4 is 0 Å². The van der Waals surface area contributed by atoms with E-state index in [1.54, 1.807) is 0 Å². The summed E-state index contributed by atoms with van der Waals surface area (Å²) < 4.78 is 5.86. The number of nitrogens with one attached hydrogen (secondary N) is 1. The monoisotopic (exact) mass is 243 g/mol. The highest BCUT2D eigenvalue weighted by atomic mass is 16.5. The van der Waals surface area contributed by atoms with Crippen LogP contribution in [-0.2, 0) is 4.74 Å². The predicted octanol–water partition coefficient (Wildman–Crippen LogP) is 1.37. The summed E-state index contributed by atoms with van der Waals surface area (Å²) in [6, 6.07) is 0.289. The molecule has 0 aromatic heterocycles. The molecule has 1 heterocycles. The van der Waals surface area contributed by atoms with Gasteiger partial charge in [-0.2, -0.15) is 0 Å². The van der Waals surface area contributed by atoms with Gasteiger partial charge in [-0.15, -0.1) is 0 Å². The maximum atomic E-state index is 5.86. The highest BCUT2D eigenvalue weighted by molar-refractivity contribution is 4.81. The molecule has 1 fully saturated rings. The average Bonchev–Trinajstić information content (AvgIpc) is 2.30. The predicted molar refractivity (Wildman–Crippen MR) is 71.7 cm³/mol. The van der Waals surface area contributed by atoms with Gasteiger partial charge in [0.1, 0.15) is 0 Å². The van der Waals surface area contributed by atoms with Gasteiger partial charge in [0.15, 0.2) is 0 Å². The number of ether oxygens (including phenoxy) is 1. The SMILES string of the molecule is CCCN1CCOC(C(CCC(C)C)NN)C1. The van der Waals surface area contributed by atoms with E-state index in [2.05, 4.69) is 31.1 Å². The van der Waals surface area contributed by atoms with E-state index < -0.39 is 0 Å². The molecule has 0 amide bonds. The van der Waals surface area contributed by atoms with Crippen LogP contribution in [-0.4, -0.2) is 43.3 Å². The average molecular weight is 243 g/mol. The minimum absolute atomic E-state index is 0.249. The summed E-state index contributed by atoms with van der Waals surface area (Å²) in [5, 5.41) is 0. The minimum atomic E-state index is 0.249. The van der Waals surface area contributed by atoms with Gasteiger partial charge < -0.3 is 4.74 Å². The number of hydrogen-bond acceptors (Lipinski definition) is 4. The molecule has 4 nitrogen and oxygen atoms in total. The molecule has 0 aromatic rings. The third kappa shape index (κ3) is 5.34. The molecular formula is C13H29N3O. The molecule has 0 aromatic carbocycles.